The van der Waals surface area contributed by atoms with Crippen molar-refractivity contribution >= 4 is 43.7 Å². The molecule has 1 amide bonds. The van der Waals surface area contributed by atoms with Crippen LogP contribution in [0, 0.1) is 23.4 Å². The number of fused-ring (bicyclic) bond motifs is 2. The van der Waals surface area contributed by atoms with Crippen molar-refractivity contribution in [2.24, 2.45) is 5.92 Å². The Morgan fingerprint density at radius 3 is 2.33 bits per heavy atom. The van der Waals surface area contributed by atoms with Crippen LogP contribution in [0.5, 0.6) is 5.75 Å². The number of amides is 1. The average Bonchev–Trinajstić information content (AvgIpc) is 3.66. The van der Waals surface area contributed by atoms with Gasteiger partial charge >= 0.3 is 0 Å². The predicted octanol–water partition coefficient (Wildman–Crippen LogP) is 7.54. The second-order valence-electron chi connectivity index (χ2n) is 11.7. The molecule has 0 unspecified atom stereocenters. The van der Waals surface area contributed by atoms with Gasteiger partial charge in [0.1, 0.15) is 34.2 Å². The van der Waals surface area contributed by atoms with Gasteiger partial charge in [-0.15, -0.1) is 0 Å². The zero-order valence-electron chi connectivity index (χ0n) is 25.9. The highest BCUT2D eigenvalue weighted by Gasteiger charge is 2.32. The monoisotopic (exact) mass is 675 g/mol. The van der Waals surface area contributed by atoms with Gasteiger partial charge < -0.3 is 18.9 Å². The number of ether oxygens (including phenoxy) is 1. The Morgan fingerprint density at radius 2 is 1.67 bits per heavy atom. The summed E-state index contributed by atoms with van der Waals surface area (Å²) in [5, 5.41) is 3.01. The lowest BCUT2D eigenvalue weighted by molar-refractivity contribution is 0.0964. The maximum Gasteiger partial charge on any atom is 0.255 e. The molecule has 9 nitrogen and oxygen atoms in total. The highest BCUT2D eigenvalue weighted by atomic mass is 32.2. The van der Waals surface area contributed by atoms with Crippen molar-refractivity contribution in [3.63, 3.8) is 0 Å². The fraction of sp³-hybridized carbons (Fsp3) is 0.200. The smallest absolute Gasteiger partial charge is 0.255 e. The van der Waals surface area contributed by atoms with E-state index in [9.17, 15) is 26.4 Å². The van der Waals surface area contributed by atoms with Crippen molar-refractivity contribution in [2.45, 2.75) is 12.8 Å². The minimum absolute atomic E-state index is 0.0539. The third kappa shape index (κ3) is 5.63. The van der Waals surface area contributed by atoms with Gasteiger partial charge in [0.25, 0.3) is 5.91 Å². The van der Waals surface area contributed by atoms with Crippen molar-refractivity contribution in [3.05, 3.63) is 89.7 Å². The van der Waals surface area contributed by atoms with Crippen molar-refractivity contribution < 1.29 is 40.0 Å². The molecule has 0 bridgehead atoms. The molecule has 13 heteroatoms. The van der Waals surface area contributed by atoms with E-state index in [0.717, 1.165) is 25.2 Å². The molecule has 6 aromatic rings. The lowest BCUT2D eigenvalue weighted by Gasteiger charge is -2.25. The first kappa shape index (κ1) is 31.3. The lowest BCUT2D eigenvalue weighted by Crippen LogP contribution is -2.32. The number of halogens is 3. The van der Waals surface area contributed by atoms with Crippen LogP contribution >= 0.6 is 0 Å². The van der Waals surface area contributed by atoms with Crippen molar-refractivity contribution in [1.82, 2.24) is 10.3 Å². The second kappa shape index (κ2) is 11.7. The first-order valence-corrected chi connectivity index (χ1v) is 16.8. The molecule has 246 valence electrons. The van der Waals surface area contributed by atoms with Crippen LogP contribution in [0.25, 0.3) is 56.0 Å². The molecule has 7 rings (SSSR count). The molecule has 2 heterocycles. The maximum atomic E-state index is 14.6. The largest absolute Gasteiger partial charge is 0.496 e. The van der Waals surface area contributed by atoms with Gasteiger partial charge in [-0.1, -0.05) is 6.07 Å². The summed E-state index contributed by atoms with van der Waals surface area (Å²) in [5.41, 5.74) is 2.06. The van der Waals surface area contributed by atoms with E-state index in [1.807, 2.05) is 0 Å². The Morgan fingerprint density at radius 1 is 0.938 bits per heavy atom. The first-order valence-electron chi connectivity index (χ1n) is 15.0. The molecule has 1 aliphatic rings. The van der Waals surface area contributed by atoms with Crippen LogP contribution in [0.4, 0.5) is 18.9 Å². The number of hydrogen-bond acceptors (Lipinski definition) is 7. The summed E-state index contributed by atoms with van der Waals surface area (Å²) in [6.07, 6.45) is 2.87. The number of nitrogens with one attached hydrogen (secondary N) is 1. The Balaban J connectivity index is 1.50. The Labute approximate surface area is 273 Å². The van der Waals surface area contributed by atoms with Gasteiger partial charge in [0.15, 0.2) is 11.4 Å². The number of methoxy groups -OCH3 is 1. The van der Waals surface area contributed by atoms with Gasteiger partial charge in [0, 0.05) is 48.3 Å². The number of sulfonamides is 1. The molecule has 0 saturated heterocycles. The molecular weight excluding hydrogens is 647 g/mol. The molecule has 1 aliphatic carbocycles. The van der Waals surface area contributed by atoms with Crippen LogP contribution in [0.2, 0.25) is 0 Å². The Kier molecular flexibility index (Phi) is 7.66. The summed E-state index contributed by atoms with van der Waals surface area (Å²) in [6, 6.07) is 15.4. The van der Waals surface area contributed by atoms with Crippen LogP contribution in [0.1, 0.15) is 23.2 Å². The number of rotatable bonds is 9. The average molecular weight is 676 g/mol. The summed E-state index contributed by atoms with van der Waals surface area (Å²) in [4.78, 5) is 17.6. The highest BCUT2D eigenvalue weighted by molar-refractivity contribution is 7.92. The summed E-state index contributed by atoms with van der Waals surface area (Å²) in [7, 11) is -0.919. The van der Waals surface area contributed by atoms with Crippen molar-refractivity contribution in [1.29, 1.82) is 0 Å². The second-order valence-corrected chi connectivity index (χ2v) is 13.6. The van der Waals surface area contributed by atoms with Crippen LogP contribution in [0.3, 0.4) is 0 Å². The third-order valence-electron chi connectivity index (χ3n) is 8.31. The van der Waals surface area contributed by atoms with E-state index in [-0.39, 0.29) is 51.9 Å². The number of aromatic nitrogens is 1. The van der Waals surface area contributed by atoms with Gasteiger partial charge in [0.05, 0.1) is 30.2 Å². The number of carbonyl (C=O) groups is 1. The fourth-order valence-electron chi connectivity index (χ4n) is 5.79. The molecule has 4 aromatic carbocycles. The van der Waals surface area contributed by atoms with Gasteiger partial charge in [-0.25, -0.2) is 26.6 Å². The molecule has 48 heavy (non-hydrogen) atoms. The predicted molar refractivity (Wildman–Crippen MR) is 175 cm³/mol. The SMILES string of the molecule is CNC(=O)c1c(-c2ccc(F)cc2)oc2cc(N(CC3CC3)S(C)(=O)=O)c(-c3ccc(OC)c(-c4nc5c(F)cc(F)cc5o4)c3)cc12. The van der Waals surface area contributed by atoms with Crippen LogP contribution in [0.15, 0.2) is 75.6 Å². The van der Waals surface area contributed by atoms with Crippen molar-refractivity contribution in [2.75, 3.05) is 31.3 Å². The minimum atomic E-state index is -3.82. The number of benzene rings is 4. The van der Waals surface area contributed by atoms with E-state index < -0.39 is 33.4 Å². The molecule has 2 aromatic heterocycles. The molecule has 1 saturated carbocycles. The van der Waals surface area contributed by atoms with E-state index in [0.29, 0.717) is 39.6 Å². The summed E-state index contributed by atoms with van der Waals surface area (Å²) < 4.78 is 87.9. The van der Waals surface area contributed by atoms with E-state index in [1.165, 1.54) is 42.7 Å². The van der Waals surface area contributed by atoms with Gasteiger partial charge in [-0.05, 0) is 66.8 Å². The van der Waals surface area contributed by atoms with Crippen LogP contribution in [-0.4, -0.2) is 46.3 Å². The maximum absolute atomic E-state index is 14.6. The number of hydrogen-bond donors (Lipinski definition) is 1. The van der Waals surface area contributed by atoms with Crippen LogP contribution < -0.4 is 14.4 Å². The van der Waals surface area contributed by atoms with E-state index >= 15 is 0 Å². The summed E-state index contributed by atoms with van der Waals surface area (Å²) >= 11 is 0. The summed E-state index contributed by atoms with van der Waals surface area (Å²) in [6.45, 7) is 0.226. The van der Waals surface area contributed by atoms with E-state index in [4.69, 9.17) is 13.6 Å². The zero-order valence-corrected chi connectivity index (χ0v) is 26.8. The molecule has 1 N–H and O–H groups in total. The first-order chi connectivity index (χ1) is 22.9. The molecule has 0 atom stereocenters. The Hall–Kier alpha value is -5.30. The van der Waals surface area contributed by atoms with Crippen LogP contribution in [-0.2, 0) is 10.0 Å². The van der Waals surface area contributed by atoms with E-state index in [2.05, 4.69) is 10.3 Å². The molecular formula is C35H28F3N3O6S. The molecule has 0 spiro atoms. The molecule has 1 fully saturated rings. The standard InChI is InChI=1S/C35H28F3N3O6S/c1-39-34(42)31-24-15-23(20-8-11-28(45-2)25(12-20)35-40-32-26(38)13-22(37)14-30(32)47-35)27(41(48(3,43)44)17-18-4-5-18)16-29(24)46-33(31)19-6-9-21(36)10-7-19/h6-16,18H,4-5,17H2,1-3H3,(H,39,42). The third-order valence-corrected chi connectivity index (χ3v) is 9.46. The zero-order chi connectivity index (χ0) is 33.9. The lowest BCUT2D eigenvalue weighted by atomic mass is 9.96. The number of oxazole rings is 1. The van der Waals surface area contributed by atoms with Gasteiger partial charge in [-0.2, -0.15) is 0 Å². The minimum Gasteiger partial charge on any atom is -0.496 e. The number of carbonyl (C=O) groups excluding carboxylic acids is 1. The topological polar surface area (TPSA) is 115 Å². The van der Waals surface area contributed by atoms with Crippen molar-refractivity contribution in [3.8, 4) is 39.7 Å². The molecule has 0 aliphatic heterocycles. The van der Waals surface area contributed by atoms with E-state index in [1.54, 1.807) is 30.3 Å². The number of furan rings is 1. The number of anilines is 1. The summed E-state index contributed by atoms with van der Waals surface area (Å²) in [5.74, 6) is -2.07. The molecule has 0 radical (unpaired) electrons. The fourth-order valence-corrected chi connectivity index (χ4v) is 6.78. The highest BCUT2D eigenvalue weighted by Crippen LogP contribution is 2.45. The number of nitrogens with zero attached hydrogens (tertiary/aromatic N) is 2. The Bertz CT molecular complexity index is 2350. The van der Waals surface area contributed by atoms with Gasteiger partial charge in [0.2, 0.25) is 15.9 Å². The normalized spacial score (nSPS) is 13.3. The van der Waals surface area contributed by atoms with Gasteiger partial charge in [-0.3, -0.25) is 9.10 Å². The quantitative estimate of drug-likeness (QED) is 0.168.